The molecule has 3 aromatic carbocycles. The number of β-lactam (4-membered cyclic amide) rings is 1. The van der Waals surface area contributed by atoms with E-state index in [1.54, 1.807) is 0 Å². The van der Waals surface area contributed by atoms with Crippen molar-refractivity contribution in [2.75, 3.05) is 6.61 Å². The molecule has 0 spiro atoms. The molecule has 1 aliphatic heterocycles. The van der Waals surface area contributed by atoms with Crippen molar-refractivity contribution in [1.82, 2.24) is 5.32 Å². The minimum atomic E-state index is -0.718. The lowest BCUT2D eigenvalue weighted by molar-refractivity contribution is -0.131. The van der Waals surface area contributed by atoms with E-state index >= 15 is 0 Å². The van der Waals surface area contributed by atoms with Crippen LogP contribution in [0.4, 0.5) is 0 Å². The summed E-state index contributed by atoms with van der Waals surface area (Å²) in [5.41, 5.74) is 2.50. The third kappa shape index (κ3) is 3.02. The molecule has 1 aliphatic rings. The minimum absolute atomic E-state index is 0.0676. The van der Waals surface area contributed by atoms with Gasteiger partial charge in [0.2, 0.25) is 5.91 Å². The fourth-order valence-electron chi connectivity index (χ4n) is 3.53. The van der Waals surface area contributed by atoms with Crippen molar-refractivity contribution in [2.24, 2.45) is 0 Å². The van der Waals surface area contributed by atoms with E-state index in [1.165, 1.54) is 0 Å². The Morgan fingerprint density at radius 3 is 1.50 bits per heavy atom. The first-order valence-corrected chi connectivity index (χ1v) is 8.89. The Kier molecular flexibility index (Phi) is 4.55. The van der Waals surface area contributed by atoms with Gasteiger partial charge in [0.25, 0.3) is 0 Å². The standard InChI is InChI=1S/C23H21NO2/c25-22-16-21(24-22)17-26-23(18-10-4-1-5-11-18,19-12-6-2-7-13-19)20-14-8-3-9-15-20/h1-15,21H,16-17H2,(H,24,25)/t21-/m1/s1. The van der Waals surface area contributed by atoms with Gasteiger partial charge in [-0.3, -0.25) is 4.79 Å². The maximum Gasteiger partial charge on any atom is 0.222 e. The molecule has 0 radical (unpaired) electrons. The minimum Gasteiger partial charge on any atom is -0.359 e. The van der Waals surface area contributed by atoms with Gasteiger partial charge in [-0.1, -0.05) is 91.0 Å². The number of carbonyl (C=O) groups excluding carboxylic acids is 1. The predicted molar refractivity (Wildman–Crippen MR) is 102 cm³/mol. The Hall–Kier alpha value is -2.91. The van der Waals surface area contributed by atoms with Crippen molar-refractivity contribution < 1.29 is 9.53 Å². The van der Waals surface area contributed by atoms with Gasteiger partial charge < -0.3 is 10.1 Å². The van der Waals surface area contributed by atoms with Gasteiger partial charge in [0.15, 0.2) is 0 Å². The van der Waals surface area contributed by atoms with Crippen LogP contribution in [0, 0.1) is 0 Å². The highest BCUT2D eigenvalue weighted by atomic mass is 16.5. The van der Waals surface area contributed by atoms with E-state index in [1.807, 2.05) is 54.6 Å². The molecule has 1 amide bonds. The number of nitrogens with one attached hydrogen (secondary N) is 1. The van der Waals surface area contributed by atoms with Gasteiger partial charge in [0.05, 0.1) is 12.6 Å². The summed E-state index contributed by atoms with van der Waals surface area (Å²) in [5, 5.41) is 2.91. The smallest absolute Gasteiger partial charge is 0.222 e. The number of amides is 1. The first-order chi connectivity index (χ1) is 12.8. The molecule has 1 atom stereocenters. The van der Waals surface area contributed by atoms with Crippen LogP contribution in [-0.4, -0.2) is 18.6 Å². The largest absolute Gasteiger partial charge is 0.359 e. The van der Waals surface area contributed by atoms with Crippen LogP contribution in [0.5, 0.6) is 0 Å². The van der Waals surface area contributed by atoms with Crippen molar-refractivity contribution in [3.05, 3.63) is 108 Å². The van der Waals surface area contributed by atoms with Crippen LogP contribution in [0.3, 0.4) is 0 Å². The Balaban J connectivity index is 1.83. The number of rotatable bonds is 6. The van der Waals surface area contributed by atoms with Crippen LogP contribution in [0.2, 0.25) is 0 Å². The molecule has 0 aliphatic carbocycles. The molecule has 3 heteroatoms. The summed E-state index contributed by atoms with van der Waals surface area (Å²) in [6, 6.07) is 30.9. The van der Waals surface area contributed by atoms with Gasteiger partial charge in [-0.2, -0.15) is 0 Å². The average Bonchev–Trinajstić information content (AvgIpc) is 2.69. The molecule has 1 heterocycles. The SMILES string of the molecule is O=C1C[C@H](COC(c2ccccc2)(c2ccccc2)c2ccccc2)N1. The summed E-state index contributed by atoms with van der Waals surface area (Å²) in [6.45, 7) is 0.463. The van der Waals surface area contributed by atoms with E-state index in [9.17, 15) is 4.79 Å². The van der Waals surface area contributed by atoms with E-state index < -0.39 is 5.60 Å². The predicted octanol–water partition coefficient (Wildman–Crippen LogP) is 3.88. The highest BCUT2D eigenvalue weighted by molar-refractivity contribution is 5.82. The number of benzene rings is 3. The molecule has 3 aromatic rings. The van der Waals surface area contributed by atoms with Gasteiger partial charge in [0.1, 0.15) is 5.60 Å². The Morgan fingerprint density at radius 2 is 1.15 bits per heavy atom. The molecule has 0 aromatic heterocycles. The first kappa shape index (κ1) is 16.6. The summed E-state index contributed by atoms with van der Waals surface area (Å²) in [5.74, 6) is 0.0864. The monoisotopic (exact) mass is 343 g/mol. The lowest BCUT2D eigenvalue weighted by Gasteiger charge is -2.38. The molecular formula is C23H21NO2. The van der Waals surface area contributed by atoms with Crippen LogP contribution in [-0.2, 0) is 15.1 Å². The fraction of sp³-hybridized carbons (Fsp3) is 0.174. The summed E-state index contributed by atoms with van der Waals surface area (Å²) >= 11 is 0. The molecule has 1 saturated heterocycles. The van der Waals surface area contributed by atoms with Gasteiger partial charge in [-0.25, -0.2) is 0 Å². The molecule has 1 N–H and O–H groups in total. The molecule has 3 nitrogen and oxygen atoms in total. The van der Waals surface area contributed by atoms with Crippen LogP contribution >= 0.6 is 0 Å². The van der Waals surface area contributed by atoms with Gasteiger partial charge >= 0.3 is 0 Å². The number of carbonyl (C=O) groups is 1. The molecule has 4 rings (SSSR count). The second-order valence-corrected chi connectivity index (χ2v) is 6.56. The van der Waals surface area contributed by atoms with E-state index in [4.69, 9.17) is 4.74 Å². The zero-order chi connectivity index (χ0) is 17.8. The zero-order valence-electron chi connectivity index (χ0n) is 14.5. The summed E-state index contributed by atoms with van der Waals surface area (Å²) < 4.78 is 6.63. The quantitative estimate of drug-likeness (QED) is 0.545. The Labute approximate surface area is 153 Å². The summed E-state index contributed by atoms with van der Waals surface area (Å²) in [6.07, 6.45) is 0.522. The third-order valence-electron chi connectivity index (χ3n) is 4.84. The number of ether oxygens (including phenoxy) is 1. The topological polar surface area (TPSA) is 38.3 Å². The average molecular weight is 343 g/mol. The van der Waals surface area contributed by atoms with Crippen molar-refractivity contribution in [1.29, 1.82) is 0 Å². The normalized spacial score (nSPS) is 16.6. The maximum atomic E-state index is 11.3. The van der Waals surface area contributed by atoms with Crippen LogP contribution in [0.1, 0.15) is 23.1 Å². The summed E-state index contributed by atoms with van der Waals surface area (Å²) in [4.78, 5) is 11.3. The van der Waals surface area contributed by atoms with Gasteiger partial charge in [-0.05, 0) is 16.7 Å². The zero-order valence-corrected chi connectivity index (χ0v) is 14.5. The van der Waals surface area contributed by atoms with Crippen molar-refractivity contribution >= 4 is 5.91 Å². The molecular weight excluding hydrogens is 322 g/mol. The van der Waals surface area contributed by atoms with E-state index in [-0.39, 0.29) is 11.9 Å². The highest BCUT2D eigenvalue weighted by Crippen LogP contribution is 2.40. The van der Waals surface area contributed by atoms with Crippen molar-refractivity contribution in [2.45, 2.75) is 18.1 Å². The number of hydrogen-bond donors (Lipinski definition) is 1. The van der Waals surface area contributed by atoms with E-state index in [0.717, 1.165) is 16.7 Å². The first-order valence-electron chi connectivity index (χ1n) is 8.89. The lowest BCUT2D eigenvalue weighted by Crippen LogP contribution is -2.52. The van der Waals surface area contributed by atoms with Gasteiger partial charge in [-0.15, -0.1) is 0 Å². The Morgan fingerprint density at radius 1 is 0.769 bits per heavy atom. The van der Waals surface area contributed by atoms with Crippen LogP contribution in [0.25, 0.3) is 0 Å². The molecule has 1 fully saturated rings. The van der Waals surface area contributed by atoms with Crippen molar-refractivity contribution in [3.8, 4) is 0 Å². The molecule has 26 heavy (non-hydrogen) atoms. The van der Waals surface area contributed by atoms with Gasteiger partial charge in [0, 0.05) is 6.42 Å². The highest BCUT2D eigenvalue weighted by Gasteiger charge is 2.39. The van der Waals surface area contributed by atoms with E-state index in [0.29, 0.717) is 13.0 Å². The Bertz CT molecular complexity index is 758. The molecule has 130 valence electrons. The van der Waals surface area contributed by atoms with Crippen molar-refractivity contribution in [3.63, 3.8) is 0 Å². The molecule has 0 saturated carbocycles. The maximum absolute atomic E-state index is 11.3. The lowest BCUT2D eigenvalue weighted by atomic mass is 9.80. The molecule has 0 bridgehead atoms. The van der Waals surface area contributed by atoms with E-state index in [2.05, 4.69) is 41.7 Å². The summed E-state index contributed by atoms with van der Waals surface area (Å²) in [7, 11) is 0. The second-order valence-electron chi connectivity index (χ2n) is 6.56. The van der Waals surface area contributed by atoms with Crippen LogP contribution in [0.15, 0.2) is 91.0 Å². The number of hydrogen-bond acceptors (Lipinski definition) is 2. The third-order valence-corrected chi connectivity index (χ3v) is 4.84. The fourth-order valence-corrected chi connectivity index (χ4v) is 3.53. The second kappa shape index (κ2) is 7.14. The van der Waals surface area contributed by atoms with Crippen LogP contribution < -0.4 is 5.32 Å². The molecule has 0 unspecified atom stereocenters.